The number of aliphatic carboxylic acids is 1. The zero-order valence-corrected chi connectivity index (χ0v) is 31.0. The largest absolute Gasteiger partial charge is 0.546 e. The van der Waals surface area contributed by atoms with E-state index in [-0.39, 0.29) is 5.60 Å². The molecule has 5 rings (SSSR count). The second-order valence-corrected chi connectivity index (χ2v) is 17.8. The normalized spacial score (nSPS) is 15.8. The molecule has 4 aromatic rings. The van der Waals surface area contributed by atoms with Gasteiger partial charge in [0.2, 0.25) is 0 Å². The molecule has 260 valence electrons. The van der Waals surface area contributed by atoms with E-state index < -0.39 is 19.8 Å². The van der Waals surface area contributed by atoms with Crippen molar-refractivity contribution in [3.05, 3.63) is 113 Å². The Bertz CT molecular complexity index is 1540. The fraction of sp³-hybridized carbons (Fsp3) is 0.432. The van der Waals surface area contributed by atoms with Gasteiger partial charge >= 0.3 is 0 Å². The third-order valence-corrected chi connectivity index (χ3v) is 15.2. The lowest BCUT2D eigenvalue weighted by molar-refractivity contribution is -0.307. The molecule has 1 aliphatic rings. The Morgan fingerprint density at radius 2 is 1.16 bits per heavy atom. The van der Waals surface area contributed by atoms with E-state index in [1.165, 1.54) is 79.9 Å². The number of hydrogen-bond donors (Lipinski definition) is 0. The van der Waals surface area contributed by atoms with Crippen molar-refractivity contribution in [3.8, 4) is 11.5 Å². The standard InChI is InChI=1S/C44H55O4P/c1-34-35(2)43-40(36(3)42(34)47-33-41(45)46)29-31-44(4,48-43)30-21-10-8-6-5-7-9-11-22-32-49(37-23-15-12-16-24-37,38-25-17-13-18-26-38)39-27-19-14-20-28-39/h12-20,23-28H,5-11,21-22,29-33H2,1-4H3. The molecule has 0 fully saturated rings. The molecule has 1 aliphatic heterocycles. The van der Waals surface area contributed by atoms with Crippen LogP contribution in [0.1, 0.15) is 99.8 Å². The van der Waals surface area contributed by atoms with Crippen LogP contribution >= 0.6 is 7.26 Å². The van der Waals surface area contributed by atoms with Gasteiger partial charge in [0.25, 0.3) is 0 Å². The first-order chi connectivity index (χ1) is 23.7. The molecule has 5 heteroatoms. The summed E-state index contributed by atoms with van der Waals surface area (Å²) in [6, 6.07) is 33.8. The minimum atomic E-state index is -1.72. The predicted octanol–water partition coefficient (Wildman–Crippen LogP) is 8.72. The van der Waals surface area contributed by atoms with E-state index in [0.717, 1.165) is 47.3 Å². The van der Waals surface area contributed by atoms with Crippen LogP contribution in [0.25, 0.3) is 0 Å². The second-order valence-electron chi connectivity index (χ2n) is 14.2. The highest BCUT2D eigenvalue weighted by Crippen LogP contribution is 2.56. The number of benzene rings is 4. The third kappa shape index (κ3) is 8.95. The minimum Gasteiger partial charge on any atom is -0.546 e. The summed E-state index contributed by atoms with van der Waals surface area (Å²) in [5.74, 6) is 0.428. The van der Waals surface area contributed by atoms with Crippen molar-refractivity contribution in [2.75, 3.05) is 12.8 Å². The molecule has 1 unspecified atom stereocenters. The van der Waals surface area contributed by atoms with Gasteiger partial charge in [-0.1, -0.05) is 93.1 Å². The molecule has 4 aromatic carbocycles. The van der Waals surface area contributed by atoms with Crippen LogP contribution in [0.3, 0.4) is 0 Å². The van der Waals surface area contributed by atoms with E-state index in [0.29, 0.717) is 5.75 Å². The van der Waals surface area contributed by atoms with Crippen molar-refractivity contribution in [2.45, 2.75) is 110 Å². The van der Waals surface area contributed by atoms with Gasteiger partial charge in [-0.2, -0.15) is 0 Å². The van der Waals surface area contributed by atoms with Crippen LogP contribution in [0.15, 0.2) is 91.0 Å². The van der Waals surface area contributed by atoms with E-state index in [1.807, 2.05) is 13.8 Å². The topological polar surface area (TPSA) is 58.6 Å². The van der Waals surface area contributed by atoms with Crippen LogP contribution in [-0.2, 0) is 11.2 Å². The highest BCUT2D eigenvalue weighted by molar-refractivity contribution is 7.95. The van der Waals surface area contributed by atoms with Crippen molar-refractivity contribution in [2.24, 2.45) is 0 Å². The van der Waals surface area contributed by atoms with Gasteiger partial charge in [-0.15, -0.1) is 0 Å². The third-order valence-electron chi connectivity index (χ3n) is 10.7. The zero-order chi connectivity index (χ0) is 34.7. The van der Waals surface area contributed by atoms with E-state index in [9.17, 15) is 9.90 Å². The lowest BCUT2D eigenvalue weighted by Gasteiger charge is -2.38. The molecule has 0 spiro atoms. The quantitative estimate of drug-likeness (QED) is 0.0781. The number of unbranched alkanes of at least 4 members (excludes halogenated alkanes) is 8. The molecule has 0 radical (unpaired) electrons. The summed E-state index contributed by atoms with van der Waals surface area (Å²) in [5.41, 5.74) is 3.98. The molecule has 4 nitrogen and oxygen atoms in total. The fourth-order valence-electron chi connectivity index (χ4n) is 7.77. The Hall–Kier alpha value is -3.62. The van der Waals surface area contributed by atoms with Crippen molar-refractivity contribution >= 4 is 29.1 Å². The number of rotatable bonds is 18. The number of hydrogen-bond acceptors (Lipinski definition) is 4. The van der Waals surface area contributed by atoms with Gasteiger partial charge in [0.05, 0.1) is 12.1 Å². The van der Waals surface area contributed by atoms with Crippen molar-refractivity contribution in [1.82, 2.24) is 0 Å². The SMILES string of the molecule is Cc1c(C)c2c(c(C)c1OCC(=O)[O-])CCC(C)(CCCCCCCCCCC[P+](c1ccccc1)(c1ccccc1)c1ccccc1)O2. The number of carboxylic acids is 1. The van der Waals surface area contributed by atoms with E-state index in [1.54, 1.807) is 0 Å². The molecular weight excluding hydrogens is 623 g/mol. The maximum absolute atomic E-state index is 11.0. The van der Waals surface area contributed by atoms with E-state index in [4.69, 9.17) is 9.47 Å². The Labute approximate surface area is 295 Å². The molecular formula is C44H55O4P. The molecule has 1 atom stereocenters. The summed E-state index contributed by atoms with van der Waals surface area (Å²) >= 11 is 0. The predicted molar refractivity (Wildman–Crippen MR) is 205 cm³/mol. The average molecular weight is 679 g/mol. The Morgan fingerprint density at radius 1 is 0.694 bits per heavy atom. The van der Waals surface area contributed by atoms with Crippen LogP contribution in [0.5, 0.6) is 11.5 Å². The Kier molecular flexibility index (Phi) is 13.0. The number of fused-ring (bicyclic) bond motifs is 1. The second kappa shape index (κ2) is 17.3. The first-order valence-corrected chi connectivity index (χ1v) is 20.4. The van der Waals surface area contributed by atoms with Crippen LogP contribution in [0, 0.1) is 20.8 Å². The summed E-state index contributed by atoms with van der Waals surface area (Å²) in [6.07, 6.45) is 15.7. The van der Waals surface area contributed by atoms with Gasteiger partial charge in [-0.25, -0.2) is 0 Å². The van der Waals surface area contributed by atoms with Crippen molar-refractivity contribution in [3.63, 3.8) is 0 Å². The van der Waals surface area contributed by atoms with Crippen LogP contribution in [0.2, 0.25) is 0 Å². The summed E-state index contributed by atoms with van der Waals surface area (Å²) in [7, 11) is -1.72. The highest BCUT2D eigenvalue weighted by atomic mass is 31.2. The highest BCUT2D eigenvalue weighted by Gasteiger charge is 2.44. The summed E-state index contributed by atoms with van der Waals surface area (Å²) in [6.45, 7) is 7.87. The zero-order valence-electron chi connectivity index (χ0n) is 30.1. The lowest BCUT2D eigenvalue weighted by atomic mass is 9.84. The van der Waals surface area contributed by atoms with Gasteiger partial charge < -0.3 is 19.4 Å². The monoisotopic (exact) mass is 678 g/mol. The average Bonchev–Trinajstić information content (AvgIpc) is 3.12. The van der Waals surface area contributed by atoms with Gasteiger partial charge in [0.15, 0.2) is 0 Å². The number of carbonyl (C=O) groups is 1. The van der Waals surface area contributed by atoms with Crippen LogP contribution in [-0.4, -0.2) is 24.3 Å². The minimum absolute atomic E-state index is 0.166. The molecule has 0 aliphatic carbocycles. The van der Waals surface area contributed by atoms with E-state index >= 15 is 0 Å². The molecule has 0 saturated heterocycles. The van der Waals surface area contributed by atoms with Crippen molar-refractivity contribution in [1.29, 1.82) is 0 Å². The maximum Gasteiger partial charge on any atom is 0.128 e. The van der Waals surface area contributed by atoms with Gasteiger partial charge in [0.1, 0.15) is 46.9 Å². The molecule has 0 amide bonds. The number of carboxylic acid groups (broad SMARTS) is 1. The molecule has 0 aromatic heterocycles. The summed E-state index contributed by atoms with van der Waals surface area (Å²) < 4.78 is 12.3. The number of carbonyl (C=O) groups excluding carboxylic acids is 1. The molecule has 0 N–H and O–H groups in total. The van der Waals surface area contributed by atoms with Gasteiger partial charge in [0, 0.05) is 5.56 Å². The van der Waals surface area contributed by atoms with Crippen LogP contribution < -0.4 is 30.5 Å². The summed E-state index contributed by atoms with van der Waals surface area (Å²) in [4.78, 5) is 11.0. The Morgan fingerprint density at radius 3 is 1.65 bits per heavy atom. The molecule has 0 bridgehead atoms. The number of ether oxygens (including phenoxy) is 2. The molecule has 0 saturated carbocycles. The van der Waals surface area contributed by atoms with Gasteiger partial charge in [-0.3, -0.25) is 0 Å². The van der Waals surface area contributed by atoms with Gasteiger partial charge in [-0.05, 0) is 119 Å². The van der Waals surface area contributed by atoms with Crippen LogP contribution in [0.4, 0.5) is 0 Å². The maximum atomic E-state index is 11.0. The first-order valence-electron chi connectivity index (χ1n) is 18.4. The Balaban J connectivity index is 1.05. The first kappa shape index (κ1) is 36.7. The lowest BCUT2D eigenvalue weighted by Crippen LogP contribution is -2.37. The van der Waals surface area contributed by atoms with E-state index in [2.05, 4.69) is 105 Å². The molecule has 49 heavy (non-hydrogen) atoms. The summed E-state index contributed by atoms with van der Waals surface area (Å²) in [5, 5.41) is 15.4. The van der Waals surface area contributed by atoms with Crippen molar-refractivity contribution < 1.29 is 19.4 Å². The fourth-order valence-corrected chi connectivity index (χ4v) is 12.2. The molecule has 1 heterocycles. The smallest absolute Gasteiger partial charge is 0.128 e.